The molecule has 0 fully saturated rings. The van der Waals surface area contributed by atoms with Crippen molar-refractivity contribution in [3.8, 4) is 0 Å². The van der Waals surface area contributed by atoms with Crippen LogP contribution in [0.4, 0.5) is 0 Å². The standard InChI is InChI=1S/C13H22O2/c1-3-4-5-8-11-9-6-7-10-12(11)13(14)15-2/h10-11H,3-9H2,1-2H3. The highest BCUT2D eigenvalue weighted by molar-refractivity contribution is 5.89. The highest BCUT2D eigenvalue weighted by Gasteiger charge is 2.23. The van der Waals surface area contributed by atoms with Gasteiger partial charge in [0.25, 0.3) is 0 Å². The first kappa shape index (κ1) is 12.3. The summed E-state index contributed by atoms with van der Waals surface area (Å²) in [5, 5.41) is 0. The predicted molar refractivity (Wildman–Crippen MR) is 61.6 cm³/mol. The lowest BCUT2D eigenvalue weighted by Gasteiger charge is -2.22. The van der Waals surface area contributed by atoms with E-state index in [4.69, 9.17) is 4.74 Å². The summed E-state index contributed by atoms with van der Waals surface area (Å²) >= 11 is 0. The van der Waals surface area contributed by atoms with Gasteiger partial charge in [-0.1, -0.05) is 32.3 Å². The van der Waals surface area contributed by atoms with E-state index < -0.39 is 0 Å². The Bertz CT molecular complexity index is 231. The van der Waals surface area contributed by atoms with E-state index in [2.05, 4.69) is 13.0 Å². The Morgan fingerprint density at radius 2 is 2.33 bits per heavy atom. The van der Waals surface area contributed by atoms with Crippen molar-refractivity contribution in [3.05, 3.63) is 11.6 Å². The molecule has 1 rings (SSSR count). The lowest BCUT2D eigenvalue weighted by molar-refractivity contribution is -0.136. The monoisotopic (exact) mass is 210 g/mol. The fourth-order valence-electron chi connectivity index (χ4n) is 2.25. The van der Waals surface area contributed by atoms with E-state index in [0.29, 0.717) is 5.92 Å². The molecule has 0 heterocycles. The molecular formula is C13H22O2. The zero-order valence-corrected chi connectivity index (χ0v) is 9.92. The zero-order valence-electron chi connectivity index (χ0n) is 9.92. The Balaban J connectivity index is 2.49. The third-order valence-electron chi connectivity index (χ3n) is 3.14. The number of hydrogen-bond acceptors (Lipinski definition) is 2. The van der Waals surface area contributed by atoms with Crippen molar-refractivity contribution in [1.82, 2.24) is 0 Å². The van der Waals surface area contributed by atoms with Gasteiger partial charge in [-0.05, 0) is 31.6 Å². The van der Waals surface area contributed by atoms with Crippen LogP contribution in [0.1, 0.15) is 51.9 Å². The van der Waals surface area contributed by atoms with Gasteiger partial charge in [-0.15, -0.1) is 0 Å². The van der Waals surface area contributed by atoms with Crippen molar-refractivity contribution < 1.29 is 9.53 Å². The van der Waals surface area contributed by atoms with Crippen LogP contribution in [0, 0.1) is 5.92 Å². The molecule has 0 radical (unpaired) electrons. The van der Waals surface area contributed by atoms with E-state index in [1.54, 1.807) is 0 Å². The van der Waals surface area contributed by atoms with E-state index in [1.165, 1.54) is 32.8 Å². The second-order valence-electron chi connectivity index (χ2n) is 4.27. The van der Waals surface area contributed by atoms with Crippen molar-refractivity contribution >= 4 is 5.97 Å². The van der Waals surface area contributed by atoms with Crippen LogP contribution < -0.4 is 0 Å². The van der Waals surface area contributed by atoms with Crippen LogP contribution >= 0.6 is 0 Å². The van der Waals surface area contributed by atoms with Crippen LogP contribution in [-0.4, -0.2) is 13.1 Å². The molecular weight excluding hydrogens is 188 g/mol. The number of rotatable bonds is 5. The lowest BCUT2D eigenvalue weighted by Crippen LogP contribution is -2.17. The van der Waals surface area contributed by atoms with Crippen molar-refractivity contribution in [2.45, 2.75) is 51.9 Å². The number of carbonyl (C=O) groups is 1. The quantitative estimate of drug-likeness (QED) is 0.513. The number of esters is 1. The maximum atomic E-state index is 11.5. The lowest BCUT2D eigenvalue weighted by atomic mass is 9.84. The maximum absolute atomic E-state index is 11.5. The van der Waals surface area contributed by atoms with E-state index in [9.17, 15) is 4.79 Å². The first-order valence-electron chi connectivity index (χ1n) is 6.08. The fourth-order valence-corrected chi connectivity index (χ4v) is 2.25. The molecule has 0 saturated heterocycles. The van der Waals surface area contributed by atoms with Crippen LogP contribution in [0.15, 0.2) is 11.6 Å². The summed E-state index contributed by atoms with van der Waals surface area (Å²) in [7, 11) is 1.47. The number of allylic oxidation sites excluding steroid dienone is 1. The highest BCUT2D eigenvalue weighted by Crippen LogP contribution is 2.29. The zero-order chi connectivity index (χ0) is 11.1. The normalized spacial score (nSPS) is 20.9. The molecule has 2 nitrogen and oxygen atoms in total. The average molecular weight is 210 g/mol. The molecule has 15 heavy (non-hydrogen) atoms. The predicted octanol–water partition coefficient (Wildman–Crippen LogP) is 3.47. The summed E-state index contributed by atoms with van der Waals surface area (Å²) in [4.78, 5) is 11.5. The SMILES string of the molecule is CCCCCC1CCCC=C1C(=O)OC. The summed E-state index contributed by atoms with van der Waals surface area (Å²) in [6.45, 7) is 2.21. The largest absolute Gasteiger partial charge is 0.466 e. The fraction of sp³-hybridized carbons (Fsp3) is 0.769. The Kier molecular flexibility index (Phi) is 5.44. The molecule has 0 aliphatic heterocycles. The summed E-state index contributed by atoms with van der Waals surface area (Å²) < 4.78 is 4.82. The summed E-state index contributed by atoms with van der Waals surface area (Å²) in [5.74, 6) is 0.342. The van der Waals surface area contributed by atoms with E-state index >= 15 is 0 Å². The molecule has 86 valence electrons. The van der Waals surface area contributed by atoms with Crippen molar-refractivity contribution in [1.29, 1.82) is 0 Å². The van der Waals surface area contributed by atoms with Gasteiger partial charge >= 0.3 is 5.97 Å². The van der Waals surface area contributed by atoms with Gasteiger partial charge in [0, 0.05) is 5.57 Å². The molecule has 1 aliphatic rings. The van der Waals surface area contributed by atoms with E-state index in [-0.39, 0.29) is 5.97 Å². The first-order chi connectivity index (χ1) is 7.29. The van der Waals surface area contributed by atoms with Gasteiger partial charge in [-0.25, -0.2) is 4.79 Å². The van der Waals surface area contributed by atoms with Gasteiger partial charge in [-0.3, -0.25) is 0 Å². The molecule has 0 aromatic carbocycles. The van der Waals surface area contributed by atoms with Gasteiger partial charge in [0.1, 0.15) is 0 Å². The number of ether oxygens (including phenoxy) is 1. The van der Waals surface area contributed by atoms with Crippen molar-refractivity contribution in [2.75, 3.05) is 7.11 Å². The van der Waals surface area contributed by atoms with Gasteiger partial charge in [0.15, 0.2) is 0 Å². The Morgan fingerprint density at radius 3 is 3.00 bits per heavy atom. The number of carbonyl (C=O) groups excluding carboxylic acids is 1. The Hall–Kier alpha value is -0.790. The third kappa shape index (κ3) is 3.69. The Morgan fingerprint density at radius 1 is 1.53 bits per heavy atom. The summed E-state index contributed by atoms with van der Waals surface area (Å²) in [5.41, 5.74) is 0.930. The smallest absolute Gasteiger partial charge is 0.333 e. The molecule has 0 N–H and O–H groups in total. The van der Waals surface area contributed by atoms with Crippen molar-refractivity contribution in [3.63, 3.8) is 0 Å². The molecule has 0 saturated carbocycles. The second-order valence-corrected chi connectivity index (χ2v) is 4.27. The van der Waals surface area contributed by atoms with Gasteiger partial charge < -0.3 is 4.74 Å². The number of hydrogen-bond donors (Lipinski definition) is 0. The Labute approximate surface area is 92.7 Å². The topological polar surface area (TPSA) is 26.3 Å². The molecule has 0 aromatic heterocycles. The van der Waals surface area contributed by atoms with Gasteiger partial charge in [0.05, 0.1) is 7.11 Å². The molecule has 1 aliphatic carbocycles. The number of methoxy groups -OCH3 is 1. The maximum Gasteiger partial charge on any atom is 0.333 e. The van der Waals surface area contributed by atoms with Crippen molar-refractivity contribution in [2.24, 2.45) is 5.92 Å². The first-order valence-corrected chi connectivity index (χ1v) is 6.08. The molecule has 1 atom stereocenters. The summed E-state index contributed by atoms with van der Waals surface area (Å²) in [6.07, 6.45) is 10.4. The van der Waals surface area contributed by atoms with Gasteiger partial charge in [0.2, 0.25) is 0 Å². The van der Waals surface area contributed by atoms with Crippen LogP contribution in [0.5, 0.6) is 0 Å². The molecule has 0 bridgehead atoms. The minimum absolute atomic E-state index is 0.115. The highest BCUT2D eigenvalue weighted by atomic mass is 16.5. The molecule has 1 unspecified atom stereocenters. The average Bonchev–Trinajstić information content (AvgIpc) is 2.29. The summed E-state index contributed by atoms with van der Waals surface area (Å²) in [6, 6.07) is 0. The van der Waals surface area contributed by atoms with Crippen LogP contribution in [-0.2, 0) is 9.53 Å². The van der Waals surface area contributed by atoms with Gasteiger partial charge in [-0.2, -0.15) is 0 Å². The van der Waals surface area contributed by atoms with Crippen LogP contribution in [0.2, 0.25) is 0 Å². The van der Waals surface area contributed by atoms with E-state index in [1.807, 2.05) is 0 Å². The molecule has 2 heteroatoms. The molecule has 0 aromatic rings. The minimum Gasteiger partial charge on any atom is -0.466 e. The molecule has 0 amide bonds. The molecule has 0 spiro atoms. The van der Waals surface area contributed by atoms with E-state index in [0.717, 1.165) is 24.8 Å². The third-order valence-corrected chi connectivity index (χ3v) is 3.14. The van der Waals surface area contributed by atoms with Crippen LogP contribution in [0.25, 0.3) is 0 Å². The number of unbranched alkanes of at least 4 members (excludes halogenated alkanes) is 2. The minimum atomic E-state index is -0.115. The second kappa shape index (κ2) is 6.65. The van der Waals surface area contributed by atoms with Crippen LogP contribution in [0.3, 0.4) is 0 Å².